The van der Waals surface area contributed by atoms with Crippen LogP contribution in [-0.2, 0) is 32.6 Å². The molecule has 0 aliphatic carbocycles. The summed E-state index contributed by atoms with van der Waals surface area (Å²) in [4.78, 5) is 29.3. The van der Waals surface area contributed by atoms with Crippen molar-refractivity contribution in [1.82, 2.24) is 10.2 Å². The first-order valence-corrected chi connectivity index (χ1v) is 16.0. The molecule has 0 aliphatic heterocycles. The number of anilines is 1. The van der Waals surface area contributed by atoms with Crippen molar-refractivity contribution in [3.63, 3.8) is 0 Å². The van der Waals surface area contributed by atoms with Crippen LogP contribution in [0.4, 0.5) is 5.69 Å². The number of rotatable bonds is 12. The number of amides is 2. The van der Waals surface area contributed by atoms with Crippen molar-refractivity contribution < 1.29 is 18.0 Å². The molecule has 7 nitrogen and oxygen atoms in total. The molecule has 3 aromatic carbocycles. The summed E-state index contributed by atoms with van der Waals surface area (Å²) in [5.74, 6) is -0.853. The van der Waals surface area contributed by atoms with E-state index in [0.717, 1.165) is 27.3 Å². The van der Waals surface area contributed by atoms with Crippen LogP contribution >= 0.6 is 23.2 Å². The zero-order valence-electron chi connectivity index (χ0n) is 24.0. The maximum absolute atomic E-state index is 14.2. The van der Waals surface area contributed by atoms with Gasteiger partial charge in [-0.1, -0.05) is 72.6 Å². The van der Waals surface area contributed by atoms with E-state index in [2.05, 4.69) is 5.32 Å². The zero-order valence-corrected chi connectivity index (χ0v) is 26.4. The van der Waals surface area contributed by atoms with Crippen LogP contribution in [0.25, 0.3) is 0 Å². The van der Waals surface area contributed by atoms with E-state index in [1.54, 1.807) is 30.3 Å². The fourth-order valence-electron chi connectivity index (χ4n) is 4.32. The molecule has 10 heteroatoms. The van der Waals surface area contributed by atoms with E-state index in [9.17, 15) is 18.0 Å². The summed E-state index contributed by atoms with van der Waals surface area (Å²) in [6.07, 6.45) is 2.01. The second-order valence-electron chi connectivity index (χ2n) is 10.3. The molecule has 0 bridgehead atoms. The van der Waals surface area contributed by atoms with Crippen molar-refractivity contribution in [2.24, 2.45) is 0 Å². The van der Waals surface area contributed by atoms with Gasteiger partial charge in [-0.25, -0.2) is 8.42 Å². The molecule has 2 atom stereocenters. The maximum atomic E-state index is 14.2. The van der Waals surface area contributed by atoms with E-state index in [1.165, 1.54) is 4.90 Å². The Hall–Kier alpha value is -3.07. The molecule has 1 N–H and O–H groups in total. The molecule has 0 saturated heterocycles. The van der Waals surface area contributed by atoms with Crippen molar-refractivity contribution in [2.45, 2.75) is 59.2 Å². The zero-order chi connectivity index (χ0) is 30.3. The van der Waals surface area contributed by atoms with E-state index in [1.807, 2.05) is 64.1 Å². The molecule has 220 valence electrons. The normalized spacial score (nSPS) is 12.9. The Balaban J connectivity index is 2.09. The molecule has 2 unspecified atom stereocenters. The minimum atomic E-state index is -3.84. The van der Waals surface area contributed by atoms with Gasteiger partial charge in [0.2, 0.25) is 21.8 Å². The highest BCUT2D eigenvalue weighted by molar-refractivity contribution is 7.92. The summed E-state index contributed by atoms with van der Waals surface area (Å²) in [6.45, 7) is 7.21. The van der Waals surface area contributed by atoms with Crippen LogP contribution < -0.4 is 9.62 Å². The van der Waals surface area contributed by atoms with Crippen LogP contribution in [0.1, 0.15) is 42.5 Å². The molecule has 0 fully saturated rings. The highest BCUT2D eigenvalue weighted by Gasteiger charge is 2.33. The number of hydrogen-bond acceptors (Lipinski definition) is 4. The molecular weight excluding hydrogens is 581 g/mol. The van der Waals surface area contributed by atoms with Crippen molar-refractivity contribution >= 4 is 50.7 Å². The Morgan fingerprint density at radius 1 is 0.902 bits per heavy atom. The molecule has 0 heterocycles. The van der Waals surface area contributed by atoms with Crippen LogP contribution in [0.5, 0.6) is 0 Å². The van der Waals surface area contributed by atoms with E-state index < -0.39 is 28.5 Å². The molecular formula is C31H37Cl2N3O4S. The van der Waals surface area contributed by atoms with Gasteiger partial charge < -0.3 is 10.2 Å². The number of carbonyl (C=O) groups is 2. The third-order valence-electron chi connectivity index (χ3n) is 7.07. The number of sulfonamides is 1. The van der Waals surface area contributed by atoms with Crippen molar-refractivity contribution in [3.8, 4) is 0 Å². The quantitative estimate of drug-likeness (QED) is 0.273. The highest BCUT2D eigenvalue weighted by atomic mass is 35.5. The van der Waals surface area contributed by atoms with Crippen LogP contribution in [0.3, 0.4) is 0 Å². The molecule has 0 aliphatic rings. The van der Waals surface area contributed by atoms with E-state index >= 15 is 0 Å². The summed E-state index contributed by atoms with van der Waals surface area (Å²) in [6, 6.07) is 18.6. The average Bonchev–Trinajstić information content (AvgIpc) is 2.92. The van der Waals surface area contributed by atoms with Crippen molar-refractivity contribution in [3.05, 3.63) is 99.0 Å². The van der Waals surface area contributed by atoms with Gasteiger partial charge in [-0.05, 0) is 73.7 Å². The van der Waals surface area contributed by atoms with Crippen LogP contribution in [-0.4, -0.2) is 50.0 Å². The van der Waals surface area contributed by atoms with Gasteiger partial charge in [0.15, 0.2) is 0 Å². The van der Waals surface area contributed by atoms with Crippen molar-refractivity contribution in [1.29, 1.82) is 0 Å². The largest absolute Gasteiger partial charge is 0.352 e. The first kappa shape index (κ1) is 32.4. The standard InChI is InChI=1S/C31H37Cl2N3O4S/c1-6-23(4)34-31(38)29(18-24-10-8-7-9-11-24)35(19-25-13-15-27(32)28(33)17-25)30(37)20-36(41(5,39)40)26-14-12-21(2)22(3)16-26/h7-17,23,29H,6,18-20H2,1-5H3,(H,34,38). The number of benzene rings is 3. The summed E-state index contributed by atoms with van der Waals surface area (Å²) in [5.41, 5.74) is 3.78. The lowest BCUT2D eigenvalue weighted by atomic mass is 10.0. The Labute approximate surface area is 253 Å². The Morgan fingerprint density at radius 3 is 2.17 bits per heavy atom. The average molecular weight is 619 g/mol. The second kappa shape index (κ2) is 14.2. The van der Waals surface area contributed by atoms with Crippen LogP contribution in [0, 0.1) is 13.8 Å². The maximum Gasteiger partial charge on any atom is 0.244 e. The Bertz CT molecular complexity index is 1480. The first-order valence-electron chi connectivity index (χ1n) is 13.4. The second-order valence-corrected chi connectivity index (χ2v) is 13.1. The van der Waals surface area contributed by atoms with Gasteiger partial charge in [-0.3, -0.25) is 13.9 Å². The van der Waals surface area contributed by atoms with Gasteiger partial charge in [0.25, 0.3) is 0 Å². The molecule has 41 heavy (non-hydrogen) atoms. The highest BCUT2D eigenvalue weighted by Crippen LogP contribution is 2.26. The number of carbonyl (C=O) groups excluding carboxylic acids is 2. The molecule has 0 aromatic heterocycles. The van der Waals surface area contributed by atoms with E-state index in [4.69, 9.17) is 23.2 Å². The van der Waals surface area contributed by atoms with E-state index in [0.29, 0.717) is 27.7 Å². The molecule has 3 rings (SSSR count). The van der Waals surface area contributed by atoms with Crippen LogP contribution in [0.15, 0.2) is 66.7 Å². The number of halogens is 2. The minimum absolute atomic E-state index is 0.0195. The molecule has 0 saturated carbocycles. The fraction of sp³-hybridized carbons (Fsp3) is 0.355. The predicted molar refractivity (Wildman–Crippen MR) is 167 cm³/mol. The first-order chi connectivity index (χ1) is 19.3. The molecule has 0 spiro atoms. The lowest BCUT2D eigenvalue weighted by molar-refractivity contribution is -0.140. The number of hydrogen-bond donors (Lipinski definition) is 1. The molecule has 0 radical (unpaired) electrons. The lowest BCUT2D eigenvalue weighted by Crippen LogP contribution is -2.54. The third-order valence-corrected chi connectivity index (χ3v) is 8.95. The summed E-state index contributed by atoms with van der Waals surface area (Å²) < 4.78 is 27.0. The van der Waals surface area contributed by atoms with Gasteiger partial charge >= 0.3 is 0 Å². The van der Waals surface area contributed by atoms with Crippen molar-refractivity contribution in [2.75, 3.05) is 17.1 Å². The smallest absolute Gasteiger partial charge is 0.244 e. The van der Waals surface area contributed by atoms with Gasteiger partial charge in [-0.15, -0.1) is 0 Å². The monoisotopic (exact) mass is 617 g/mol. The number of aryl methyl sites for hydroxylation is 2. The van der Waals surface area contributed by atoms with E-state index in [-0.39, 0.29) is 24.9 Å². The van der Waals surface area contributed by atoms with Gasteiger partial charge in [0, 0.05) is 19.0 Å². The molecule has 2 amide bonds. The third kappa shape index (κ3) is 8.96. The Kier molecular flexibility index (Phi) is 11.2. The minimum Gasteiger partial charge on any atom is -0.352 e. The fourth-order valence-corrected chi connectivity index (χ4v) is 5.49. The number of nitrogens with one attached hydrogen (secondary N) is 1. The summed E-state index contributed by atoms with van der Waals surface area (Å²) in [5, 5.41) is 3.68. The predicted octanol–water partition coefficient (Wildman–Crippen LogP) is 5.93. The topological polar surface area (TPSA) is 86.8 Å². The molecule has 3 aromatic rings. The summed E-state index contributed by atoms with van der Waals surface area (Å²) >= 11 is 12.4. The van der Waals surface area contributed by atoms with Crippen LogP contribution in [0.2, 0.25) is 10.0 Å². The number of nitrogens with zero attached hydrogens (tertiary/aromatic N) is 2. The lowest BCUT2D eigenvalue weighted by Gasteiger charge is -2.34. The SMILES string of the molecule is CCC(C)NC(=O)C(Cc1ccccc1)N(Cc1ccc(Cl)c(Cl)c1)C(=O)CN(c1ccc(C)c(C)c1)S(C)(=O)=O. The summed E-state index contributed by atoms with van der Waals surface area (Å²) in [7, 11) is -3.84. The van der Waals surface area contributed by atoms with Gasteiger partial charge in [0.05, 0.1) is 22.0 Å². The van der Waals surface area contributed by atoms with Gasteiger partial charge in [-0.2, -0.15) is 0 Å². The van der Waals surface area contributed by atoms with Gasteiger partial charge in [0.1, 0.15) is 12.6 Å². The Morgan fingerprint density at radius 2 is 1.59 bits per heavy atom.